The van der Waals surface area contributed by atoms with Crippen LogP contribution in [0.4, 0.5) is 0 Å². The predicted octanol–water partition coefficient (Wildman–Crippen LogP) is 5.37. The van der Waals surface area contributed by atoms with Crippen molar-refractivity contribution in [3.8, 4) is 45.7 Å². The van der Waals surface area contributed by atoms with Crippen molar-refractivity contribution in [3.63, 3.8) is 0 Å². The minimum absolute atomic E-state index is 0.339. The Morgan fingerprint density at radius 1 is 0.674 bits per heavy atom. The van der Waals surface area contributed by atoms with Crippen LogP contribution in [-0.2, 0) is 7.05 Å². The zero-order valence-corrected chi connectivity index (χ0v) is 23.7. The molecule has 6 nitrogen and oxygen atoms in total. The van der Waals surface area contributed by atoms with E-state index in [1.54, 1.807) is 0 Å². The monoisotopic (exact) mass is 557 g/mol. The first-order chi connectivity index (χ1) is 21.2. The number of fused-ring (bicyclic) bond motifs is 4. The molecule has 204 valence electrons. The van der Waals surface area contributed by atoms with E-state index in [9.17, 15) is 0 Å². The lowest BCUT2D eigenvalue weighted by Crippen LogP contribution is -2.57. The highest BCUT2D eigenvalue weighted by Gasteiger charge is 2.40. The molecule has 4 heterocycles. The fourth-order valence-corrected chi connectivity index (χ4v) is 6.00. The van der Waals surface area contributed by atoms with Gasteiger partial charge in [-0.05, 0) is 30.1 Å². The Kier molecular flexibility index (Phi) is 5.89. The van der Waals surface area contributed by atoms with Crippen LogP contribution < -0.4 is 26.0 Å². The number of hydrogen-bond acceptors (Lipinski definition) is 5. The van der Waals surface area contributed by atoms with Crippen LogP contribution in [0, 0.1) is 6.92 Å². The minimum Gasteiger partial charge on any atom is -0.427 e. The van der Waals surface area contributed by atoms with E-state index in [-0.39, 0.29) is 6.71 Å². The number of rotatable bonds is 4. The smallest absolute Gasteiger partial charge is 0.303 e. The molecule has 0 saturated carbocycles. The number of aromatic nitrogens is 4. The normalized spacial score (nSPS) is 12.1. The van der Waals surface area contributed by atoms with Crippen LogP contribution in [0.25, 0.3) is 45.0 Å². The fourth-order valence-electron chi connectivity index (χ4n) is 6.00. The number of aryl methyl sites for hydroxylation is 2. The van der Waals surface area contributed by atoms with Crippen molar-refractivity contribution in [2.75, 3.05) is 0 Å². The summed E-state index contributed by atoms with van der Waals surface area (Å²) >= 11 is 0. The predicted molar refractivity (Wildman–Crippen MR) is 169 cm³/mol. The van der Waals surface area contributed by atoms with Gasteiger partial charge in [0, 0.05) is 34.1 Å². The van der Waals surface area contributed by atoms with E-state index >= 15 is 0 Å². The van der Waals surface area contributed by atoms with Crippen LogP contribution >= 0.6 is 0 Å². The van der Waals surface area contributed by atoms with Crippen molar-refractivity contribution in [3.05, 3.63) is 127 Å². The molecule has 1 aliphatic rings. The molecule has 7 heteroatoms. The molecule has 0 bridgehead atoms. The molecular formula is C36H26BN4O2+. The second-order valence-corrected chi connectivity index (χ2v) is 10.8. The van der Waals surface area contributed by atoms with Crippen LogP contribution in [0.2, 0.25) is 0 Å². The molecule has 0 aliphatic carbocycles. The average Bonchev–Trinajstić information content (AvgIpc) is 3.42. The van der Waals surface area contributed by atoms with E-state index in [2.05, 4.69) is 35.8 Å². The maximum Gasteiger partial charge on any atom is 0.303 e. The Bertz CT molecular complexity index is 2090. The van der Waals surface area contributed by atoms with Crippen LogP contribution in [-0.4, -0.2) is 21.7 Å². The van der Waals surface area contributed by atoms with Crippen molar-refractivity contribution < 1.29 is 13.7 Å². The molecule has 7 aromatic rings. The van der Waals surface area contributed by atoms with Crippen LogP contribution in [0.5, 0.6) is 11.7 Å². The number of furan rings is 1. The SMILES string of the molecule is Cc1ccc2c3c(oc2c1-c1cccc[n+]1C)Oc1ccccc1B3c1nc(-c2ccccc2)nc(-c2ccccc2)n1. The van der Waals surface area contributed by atoms with Gasteiger partial charge in [-0.3, -0.25) is 0 Å². The Balaban J connectivity index is 1.42. The summed E-state index contributed by atoms with van der Waals surface area (Å²) in [7, 11) is 2.05. The van der Waals surface area contributed by atoms with Gasteiger partial charge in [0.15, 0.2) is 23.4 Å². The van der Waals surface area contributed by atoms with Crippen LogP contribution in [0.15, 0.2) is 126 Å². The lowest BCUT2D eigenvalue weighted by molar-refractivity contribution is -0.660. The van der Waals surface area contributed by atoms with Gasteiger partial charge in [-0.1, -0.05) is 91.0 Å². The van der Waals surface area contributed by atoms with E-state index in [0.29, 0.717) is 23.3 Å². The molecule has 0 atom stereocenters. The van der Waals surface area contributed by atoms with Gasteiger partial charge in [0.25, 0.3) is 5.95 Å². The number of pyridine rings is 1. The summed E-state index contributed by atoms with van der Waals surface area (Å²) in [5.74, 6) is 2.43. The molecule has 1 aliphatic heterocycles. The zero-order chi connectivity index (χ0) is 28.9. The average molecular weight is 557 g/mol. The summed E-state index contributed by atoms with van der Waals surface area (Å²) < 4.78 is 15.2. The lowest BCUT2D eigenvalue weighted by Gasteiger charge is -2.22. The number of para-hydroxylation sites is 1. The molecular weight excluding hydrogens is 531 g/mol. The van der Waals surface area contributed by atoms with Gasteiger partial charge in [-0.2, -0.15) is 0 Å². The first kappa shape index (κ1) is 25.2. The molecule has 43 heavy (non-hydrogen) atoms. The van der Waals surface area contributed by atoms with Crippen molar-refractivity contribution in [2.24, 2.45) is 7.05 Å². The third-order valence-corrected chi connectivity index (χ3v) is 8.08. The van der Waals surface area contributed by atoms with Gasteiger partial charge in [-0.25, -0.2) is 19.5 Å². The lowest BCUT2D eigenvalue weighted by atomic mass is 9.38. The van der Waals surface area contributed by atoms with E-state index in [4.69, 9.17) is 24.1 Å². The summed E-state index contributed by atoms with van der Waals surface area (Å²) in [6, 6.07) is 38.6. The Labute approximate surface area is 249 Å². The highest BCUT2D eigenvalue weighted by atomic mass is 16.6. The van der Waals surface area contributed by atoms with E-state index in [0.717, 1.165) is 55.6 Å². The second-order valence-electron chi connectivity index (χ2n) is 10.8. The van der Waals surface area contributed by atoms with Crippen LogP contribution in [0.3, 0.4) is 0 Å². The highest BCUT2D eigenvalue weighted by Crippen LogP contribution is 2.37. The standard InChI is InChI=1S/C36H26BN4O2/c1-23-20-21-26-31-35(43-32(26)30(23)28-18-11-12-22-41(28)2)42-29-19-10-9-17-27(29)37(31)36-39-33(24-13-5-3-6-14-24)38-34(40-36)25-15-7-4-8-16-25/h3-22H,1-2H3/q+1. The third-order valence-electron chi connectivity index (χ3n) is 8.08. The van der Waals surface area contributed by atoms with Crippen molar-refractivity contribution in [2.45, 2.75) is 6.92 Å². The van der Waals surface area contributed by atoms with Gasteiger partial charge in [-0.15, -0.1) is 0 Å². The first-order valence-electron chi connectivity index (χ1n) is 14.3. The van der Waals surface area contributed by atoms with Crippen LogP contribution in [0.1, 0.15) is 5.56 Å². The molecule has 8 rings (SSSR count). The largest absolute Gasteiger partial charge is 0.427 e. The molecule has 0 N–H and O–H groups in total. The molecule has 0 spiro atoms. The molecule has 0 unspecified atom stereocenters. The van der Waals surface area contributed by atoms with Gasteiger partial charge < -0.3 is 9.15 Å². The Hall–Kier alpha value is -5.56. The third kappa shape index (κ3) is 4.20. The Morgan fingerprint density at radius 2 is 1.33 bits per heavy atom. The molecule has 0 saturated heterocycles. The maximum atomic E-state index is 6.64. The van der Waals surface area contributed by atoms with Crippen molar-refractivity contribution >= 4 is 34.3 Å². The van der Waals surface area contributed by atoms with E-state index in [1.165, 1.54) is 0 Å². The van der Waals surface area contributed by atoms with Gasteiger partial charge in [0.2, 0.25) is 5.69 Å². The summed E-state index contributed by atoms with van der Waals surface area (Å²) in [6.45, 7) is 1.77. The zero-order valence-electron chi connectivity index (χ0n) is 23.7. The summed E-state index contributed by atoms with van der Waals surface area (Å²) in [5.41, 5.74) is 8.38. The first-order valence-corrected chi connectivity index (χ1v) is 14.3. The van der Waals surface area contributed by atoms with Crippen molar-refractivity contribution in [1.82, 2.24) is 15.0 Å². The number of nitrogens with zero attached hydrogens (tertiary/aromatic N) is 4. The summed E-state index contributed by atoms with van der Waals surface area (Å²) in [5, 5.41) is 0.974. The maximum absolute atomic E-state index is 6.64. The van der Waals surface area contributed by atoms with Gasteiger partial charge in [0.1, 0.15) is 18.5 Å². The highest BCUT2D eigenvalue weighted by molar-refractivity contribution is 6.97. The minimum atomic E-state index is -0.339. The molecule has 0 fully saturated rings. The molecule has 0 radical (unpaired) electrons. The number of hydrogen-bond donors (Lipinski definition) is 0. The fraction of sp³-hybridized carbons (Fsp3) is 0.0556. The molecule has 0 amide bonds. The summed E-state index contributed by atoms with van der Waals surface area (Å²) in [4.78, 5) is 15.2. The van der Waals surface area contributed by atoms with Gasteiger partial charge >= 0.3 is 6.71 Å². The van der Waals surface area contributed by atoms with Crippen molar-refractivity contribution in [1.29, 1.82) is 0 Å². The quantitative estimate of drug-likeness (QED) is 0.215. The number of ether oxygens (including phenoxy) is 1. The number of benzene rings is 4. The second kappa shape index (κ2) is 10.1. The molecule has 3 aromatic heterocycles. The Morgan fingerprint density at radius 3 is 2.02 bits per heavy atom. The van der Waals surface area contributed by atoms with Gasteiger partial charge in [0.05, 0.1) is 5.56 Å². The summed E-state index contributed by atoms with van der Waals surface area (Å²) in [6.07, 6.45) is 2.05. The van der Waals surface area contributed by atoms with E-state index in [1.807, 2.05) is 104 Å². The van der Waals surface area contributed by atoms with E-state index < -0.39 is 0 Å². The molecule has 4 aromatic carbocycles. The topological polar surface area (TPSA) is 64.9 Å².